The largest absolute Gasteiger partial charge is 0.460 e. The zero-order valence-electron chi connectivity index (χ0n) is 43.5. The number of amides is 1. The van der Waals surface area contributed by atoms with E-state index in [4.69, 9.17) is 28.4 Å². The Morgan fingerprint density at radius 3 is 2.17 bits per heavy atom. The Kier molecular flexibility index (Phi) is 22.2. The van der Waals surface area contributed by atoms with E-state index in [0.29, 0.717) is 51.4 Å². The van der Waals surface area contributed by atoms with Gasteiger partial charge in [-0.05, 0) is 121 Å². The van der Waals surface area contributed by atoms with Crippen LogP contribution in [0, 0.1) is 35.5 Å². The fourth-order valence-corrected chi connectivity index (χ4v) is 10.6. The fraction of sp³-hybridized carbons (Fsp3) is 0.759. The summed E-state index contributed by atoms with van der Waals surface area (Å²) in [5.74, 6) is -11.5. The molecule has 0 spiro atoms. The average molecular weight is 972 g/mol. The molecule has 1 aliphatic carbocycles. The minimum atomic E-state index is -2.75. The molecule has 1 unspecified atom stereocenters. The van der Waals surface area contributed by atoms with Crippen LogP contribution in [-0.4, -0.2) is 138 Å². The van der Waals surface area contributed by atoms with Gasteiger partial charge in [-0.1, -0.05) is 71.1 Å². The number of ether oxygens (including phenoxy) is 6. The summed E-state index contributed by atoms with van der Waals surface area (Å²) >= 11 is 0. The Labute approximate surface area is 411 Å². The monoisotopic (exact) mass is 972 g/mol. The van der Waals surface area contributed by atoms with Crippen molar-refractivity contribution in [2.75, 3.05) is 27.9 Å². The third kappa shape index (κ3) is 15.3. The number of aliphatic hydroxyl groups is 3. The van der Waals surface area contributed by atoms with E-state index >= 15 is 0 Å². The molecule has 0 radical (unpaired) electrons. The van der Waals surface area contributed by atoms with Gasteiger partial charge in [-0.2, -0.15) is 0 Å². The fourth-order valence-electron chi connectivity index (χ4n) is 10.6. The molecule has 0 aromatic heterocycles. The SMILES string of the molecule is CO[C@H]1C[C@@H]2CC[C@@H](C)[C@@](O)(O2)C(=O)C(=O)N2CCCC[C@H]2C(=O)O[C@H]([C@H](C)CC2CC[C@@H](OC(C)C)[C@H](OC)C2)CC(=O)[C@H](C)/C=C(\C)C(O)(O)[C@@H](OC)C(=O)[C@H](C)C[C@H](C)/C=C/C=C/C=C/1C. The number of allylic oxidation sites excluding steroid dienone is 6. The smallest absolute Gasteiger partial charge is 0.329 e. The summed E-state index contributed by atoms with van der Waals surface area (Å²) in [5, 5.41) is 35.0. The van der Waals surface area contributed by atoms with Gasteiger partial charge < -0.3 is 48.6 Å². The van der Waals surface area contributed by atoms with Crippen molar-refractivity contribution in [1.29, 1.82) is 0 Å². The maximum Gasteiger partial charge on any atom is 0.329 e. The molecule has 4 rings (SSSR count). The second-order valence-corrected chi connectivity index (χ2v) is 20.9. The molecular weight excluding hydrogens is 887 g/mol. The molecule has 0 aromatic rings. The van der Waals surface area contributed by atoms with E-state index in [9.17, 15) is 39.3 Å². The third-order valence-corrected chi connectivity index (χ3v) is 15.0. The summed E-state index contributed by atoms with van der Waals surface area (Å²) in [4.78, 5) is 72.3. The molecule has 3 aliphatic heterocycles. The Morgan fingerprint density at radius 2 is 1.52 bits per heavy atom. The second kappa shape index (κ2) is 26.3. The van der Waals surface area contributed by atoms with Gasteiger partial charge in [-0.25, -0.2) is 4.79 Å². The van der Waals surface area contributed by atoms with Crippen molar-refractivity contribution in [2.45, 2.75) is 200 Å². The number of carbonyl (C=O) groups is 5. The molecule has 2 bridgehead atoms. The molecule has 4 aliphatic rings. The van der Waals surface area contributed by atoms with Crippen LogP contribution >= 0.6 is 0 Å². The van der Waals surface area contributed by atoms with E-state index < -0.39 is 83.2 Å². The number of hydrogen-bond donors (Lipinski definition) is 3. The lowest BCUT2D eigenvalue weighted by Gasteiger charge is -2.42. The van der Waals surface area contributed by atoms with Gasteiger partial charge in [-0.3, -0.25) is 19.2 Å². The first-order valence-electron chi connectivity index (χ1n) is 25.4. The van der Waals surface area contributed by atoms with Crippen LogP contribution in [0.2, 0.25) is 0 Å². The molecule has 3 fully saturated rings. The van der Waals surface area contributed by atoms with Crippen LogP contribution in [0.4, 0.5) is 0 Å². The van der Waals surface area contributed by atoms with Crippen molar-refractivity contribution < 1.29 is 67.7 Å². The van der Waals surface area contributed by atoms with Crippen LogP contribution in [0.5, 0.6) is 0 Å². The summed E-state index contributed by atoms with van der Waals surface area (Å²) in [6, 6.07) is -1.16. The van der Waals surface area contributed by atoms with Crippen LogP contribution in [-0.2, 0) is 52.4 Å². The quantitative estimate of drug-likeness (QED) is 0.0977. The highest BCUT2D eigenvalue weighted by atomic mass is 16.6. The second-order valence-electron chi connectivity index (χ2n) is 20.9. The summed E-state index contributed by atoms with van der Waals surface area (Å²) in [6.45, 7) is 16.2. The van der Waals surface area contributed by atoms with Crippen molar-refractivity contribution >= 4 is 29.2 Å². The van der Waals surface area contributed by atoms with E-state index in [2.05, 4.69) is 0 Å². The van der Waals surface area contributed by atoms with Crippen LogP contribution < -0.4 is 0 Å². The van der Waals surface area contributed by atoms with Gasteiger partial charge in [0.15, 0.2) is 11.9 Å². The Hall–Kier alpha value is -3.41. The van der Waals surface area contributed by atoms with E-state index in [1.54, 1.807) is 35.0 Å². The lowest BCUT2D eigenvalue weighted by molar-refractivity contribution is -0.265. The van der Waals surface area contributed by atoms with Crippen molar-refractivity contribution in [3.8, 4) is 0 Å². The predicted molar refractivity (Wildman–Crippen MR) is 260 cm³/mol. The number of fused-ring (bicyclic) bond motifs is 3. The van der Waals surface area contributed by atoms with Crippen molar-refractivity contribution in [3.05, 3.63) is 47.6 Å². The zero-order chi connectivity index (χ0) is 51.4. The number of methoxy groups -OCH3 is 3. The number of cyclic esters (lactones) is 1. The van der Waals surface area contributed by atoms with Gasteiger partial charge in [0.2, 0.25) is 11.6 Å². The van der Waals surface area contributed by atoms with Crippen LogP contribution in [0.15, 0.2) is 47.6 Å². The maximum atomic E-state index is 14.5. The summed E-state index contributed by atoms with van der Waals surface area (Å²) in [7, 11) is 4.47. The topological polar surface area (TPSA) is 205 Å². The van der Waals surface area contributed by atoms with E-state index in [0.717, 1.165) is 18.4 Å². The molecule has 1 amide bonds. The molecule has 14 atom stereocenters. The highest BCUT2D eigenvalue weighted by Crippen LogP contribution is 2.38. The summed E-state index contributed by atoms with van der Waals surface area (Å²) in [6.07, 6.45) is 12.5. The molecule has 390 valence electrons. The van der Waals surface area contributed by atoms with Crippen LogP contribution in [0.25, 0.3) is 0 Å². The third-order valence-electron chi connectivity index (χ3n) is 15.0. The maximum absolute atomic E-state index is 14.5. The first-order valence-corrected chi connectivity index (χ1v) is 25.4. The molecule has 69 heavy (non-hydrogen) atoms. The van der Waals surface area contributed by atoms with Crippen molar-refractivity contribution in [2.24, 2.45) is 35.5 Å². The summed E-state index contributed by atoms with van der Waals surface area (Å²) in [5.41, 5.74) is 0.800. The molecule has 3 heterocycles. The normalized spacial score (nSPS) is 38.6. The van der Waals surface area contributed by atoms with E-state index in [1.165, 1.54) is 25.0 Å². The highest BCUT2D eigenvalue weighted by Gasteiger charge is 2.53. The molecular formula is C54H85NO14. The van der Waals surface area contributed by atoms with E-state index in [-0.39, 0.29) is 66.8 Å². The van der Waals surface area contributed by atoms with Crippen molar-refractivity contribution in [1.82, 2.24) is 4.90 Å². The van der Waals surface area contributed by atoms with Crippen LogP contribution in [0.3, 0.4) is 0 Å². The number of nitrogens with zero attached hydrogens (tertiary/aromatic N) is 1. The van der Waals surface area contributed by atoms with Gasteiger partial charge in [0.25, 0.3) is 11.7 Å². The number of ketones is 3. The van der Waals surface area contributed by atoms with Crippen molar-refractivity contribution in [3.63, 3.8) is 0 Å². The first kappa shape index (κ1) is 58.2. The standard InChI is InChI=1S/C54H85NO14/c1-32(2)67-44-24-22-40(29-47(44)65-11)28-36(6)46-31-43(56)35(5)27-39(9)53(61,62)50(66-12)48(57)37(7)26-33(3)18-14-13-15-19-34(4)45(64-10)30-41-23-21-38(8)54(63,69-41)49(58)51(59)55-25-17-16-20-42(55)52(60)68-46/h13-15,18-19,27,32-33,35-38,40-42,44-47,50,61-63H,16-17,20-26,28-31H2,1-12H3/b15-13+,18-14+,34-19+,39-27+/t33-,35-,36-,37-,38-,40?,41+,42+,44-,45+,46+,47-,50+,54-/m1/s1. The van der Waals surface area contributed by atoms with Gasteiger partial charge in [0.05, 0.1) is 30.5 Å². The number of carbonyl (C=O) groups excluding carboxylic acids is 5. The number of piperidine rings is 1. The van der Waals surface area contributed by atoms with Crippen LogP contribution in [0.1, 0.15) is 139 Å². The van der Waals surface area contributed by atoms with Gasteiger partial charge in [0, 0.05) is 58.5 Å². The summed E-state index contributed by atoms with van der Waals surface area (Å²) < 4.78 is 35.8. The molecule has 2 saturated heterocycles. The Balaban J connectivity index is 1.72. The number of hydrogen-bond acceptors (Lipinski definition) is 14. The molecule has 0 aromatic carbocycles. The molecule has 1 saturated carbocycles. The number of Topliss-reactive ketones (excluding diaryl/α,β-unsaturated/α-hetero) is 3. The average Bonchev–Trinajstić information content (AvgIpc) is 3.30. The Bertz CT molecular complexity index is 1870. The molecule has 15 nitrogen and oxygen atoms in total. The molecule has 15 heteroatoms. The first-order chi connectivity index (χ1) is 32.5. The van der Waals surface area contributed by atoms with Gasteiger partial charge >= 0.3 is 5.97 Å². The zero-order valence-corrected chi connectivity index (χ0v) is 43.5. The minimum Gasteiger partial charge on any atom is -0.460 e. The van der Waals surface area contributed by atoms with Gasteiger partial charge in [-0.15, -0.1) is 0 Å². The van der Waals surface area contributed by atoms with Gasteiger partial charge in [0.1, 0.15) is 17.9 Å². The minimum absolute atomic E-state index is 0.0297. The lowest BCUT2D eigenvalue weighted by atomic mass is 9.78. The highest BCUT2D eigenvalue weighted by molar-refractivity contribution is 6.39. The van der Waals surface area contributed by atoms with E-state index in [1.807, 2.05) is 65.0 Å². The molecule has 3 N–H and O–H groups in total. The number of esters is 1. The Morgan fingerprint density at radius 1 is 0.812 bits per heavy atom. The number of rotatable bonds is 8. The lowest BCUT2D eigenvalue weighted by Crippen LogP contribution is -2.61. The predicted octanol–water partition coefficient (Wildman–Crippen LogP) is 6.93.